The van der Waals surface area contributed by atoms with Crippen LogP contribution in [0.5, 0.6) is 0 Å². The lowest BCUT2D eigenvalue weighted by Gasteiger charge is -2.17. The molecule has 0 atom stereocenters. The van der Waals surface area contributed by atoms with Crippen LogP contribution in [0.4, 0.5) is 11.4 Å². The zero-order chi connectivity index (χ0) is 17.5. The van der Waals surface area contributed by atoms with E-state index in [-0.39, 0.29) is 18.1 Å². The van der Waals surface area contributed by atoms with Crippen LogP contribution in [0.3, 0.4) is 0 Å². The number of carbonyl (C=O) groups excluding carboxylic acids is 1. The molecule has 1 N–H and O–H groups in total. The van der Waals surface area contributed by atoms with E-state index in [1.807, 2.05) is 42.5 Å². The largest absolute Gasteiger partial charge is 0.324 e. The Morgan fingerprint density at radius 1 is 1.21 bits per heavy atom. The third-order valence-corrected chi connectivity index (χ3v) is 4.19. The standard InChI is InChI=1S/C17H19N3O3S/c1-19(11-13-7-9-14(10-8-13)20(22)23)12-17(21)18-15-5-3-4-6-16(15)24-2/h3-10H,11-12H2,1-2H3,(H,18,21). The quantitative estimate of drug-likeness (QED) is 0.473. The first kappa shape index (κ1) is 18.0. The van der Waals surface area contributed by atoms with Crippen molar-refractivity contribution in [2.75, 3.05) is 25.2 Å². The van der Waals surface area contributed by atoms with Gasteiger partial charge in [-0.2, -0.15) is 0 Å². The van der Waals surface area contributed by atoms with Crippen molar-refractivity contribution in [1.29, 1.82) is 0 Å². The molecule has 1 amide bonds. The SMILES string of the molecule is CSc1ccccc1NC(=O)CN(C)Cc1ccc([N+](=O)[O-])cc1. The van der Waals surface area contributed by atoms with Gasteiger partial charge in [-0.3, -0.25) is 19.8 Å². The van der Waals surface area contributed by atoms with Crippen LogP contribution >= 0.6 is 11.8 Å². The summed E-state index contributed by atoms with van der Waals surface area (Å²) in [5.74, 6) is -0.0964. The molecule has 2 rings (SSSR count). The van der Waals surface area contributed by atoms with E-state index in [9.17, 15) is 14.9 Å². The van der Waals surface area contributed by atoms with E-state index in [0.717, 1.165) is 16.1 Å². The van der Waals surface area contributed by atoms with Gasteiger partial charge in [-0.05, 0) is 31.0 Å². The fourth-order valence-corrected chi connectivity index (χ4v) is 2.83. The maximum absolute atomic E-state index is 12.2. The molecule has 0 saturated carbocycles. The molecule has 2 aromatic rings. The minimum Gasteiger partial charge on any atom is -0.324 e. The van der Waals surface area contributed by atoms with Gasteiger partial charge in [0.2, 0.25) is 5.91 Å². The third kappa shape index (κ3) is 5.07. The van der Waals surface area contributed by atoms with Crippen LogP contribution in [-0.4, -0.2) is 35.6 Å². The average molecular weight is 345 g/mol. The second-order valence-electron chi connectivity index (χ2n) is 5.34. The van der Waals surface area contributed by atoms with Crippen molar-refractivity contribution in [1.82, 2.24) is 4.90 Å². The fraction of sp³-hybridized carbons (Fsp3) is 0.235. The summed E-state index contributed by atoms with van der Waals surface area (Å²) in [7, 11) is 1.83. The third-order valence-electron chi connectivity index (χ3n) is 3.39. The molecular formula is C17H19N3O3S. The molecule has 6 nitrogen and oxygen atoms in total. The van der Waals surface area contributed by atoms with E-state index >= 15 is 0 Å². The first-order chi connectivity index (χ1) is 11.5. The number of non-ortho nitro benzene ring substituents is 1. The number of nitrogens with one attached hydrogen (secondary N) is 1. The van der Waals surface area contributed by atoms with E-state index in [4.69, 9.17) is 0 Å². The molecule has 0 aliphatic rings. The number of hydrogen-bond donors (Lipinski definition) is 1. The number of para-hydroxylation sites is 1. The van der Waals surface area contributed by atoms with Crippen LogP contribution in [0, 0.1) is 10.1 Å². The first-order valence-corrected chi connectivity index (χ1v) is 8.57. The number of nitro benzene ring substituents is 1. The number of thioether (sulfide) groups is 1. The minimum atomic E-state index is -0.426. The summed E-state index contributed by atoms with van der Waals surface area (Å²) in [6.45, 7) is 0.773. The number of anilines is 1. The summed E-state index contributed by atoms with van der Waals surface area (Å²) >= 11 is 1.58. The zero-order valence-corrected chi connectivity index (χ0v) is 14.4. The monoisotopic (exact) mass is 345 g/mol. The number of nitro groups is 1. The van der Waals surface area contributed by atoms with Crippen molar-refractivity contribution >= 4 is 29.0 Å². The van der Waals surface area contributed by atoms with Crippen molar-refractivity contribution in [3.05, 3.63) is 64.2 Å². The number of benzene rings is 2. The van der Waals surface area contributed by atoms with Crippen molar-refractivity contribution in [2.24, 2.45) is 0 Å². The molecule has 7 heteroatoms. The Morgan fingerprint density at radius 2 is 1.88 bits per heavy atom. The van der Waals surface area contributed by atoms with Gasteiger partial charge in [0.25, 0.3) is 5.69 Å². The predicted molar refractivity (Wildman–Crippen MR) is 96.3 cm³/mol. The molecule has 0 aliphatic heterocycles. The van der Waals surface area contributed by atoms with Gasteiger partial charge in [0.05, 0.1) is 17.2 Å². The maximum atomic E-state index is 12.2. The number of rotatable bonds is 7. The van der Waals surface area contributed by atoms with E-state index in [0.29, 0.717) is 6.54 Å². The molecule has 0 unspecified atom stereocenters. The van der Waals surface area contributed by atoms with Gasteiger partial charge in [0, 0.05) is 23.6 Å². The van der Waals surface area contributed by atoms with E-state index in [2.05, 4.69) is 5.32 Å². The normalized spacial score (nSPS) is 10.6. The van der Waals surface area contributed by atoms with Crippen molar-refractivity contribution < 1.29 is 9.72 Å². The number of carbonyl (C=O) groups is 1. The van der Waals surface area contributed by atoms with Crippen molar-refractivity contribution in [2.45, 2.75) is 11.4 Å². The second-order valence-corrected chi connectivity index (χ2v) is 6.19. The Balaban J connectivity index is 1.90. The summed E-state index contributed by atoms with van der Waals surface area (Å²) in [4.78, 5) is 25.3. The highest BCUT2D eigenvalue weighted by Gasteiger charge is 2.10. The topological polar surface area (TPSA) is 75.5 Å². The molecule has 24 heavy (non-hydrogen) atoms. The molecule has 0 aliphatic carbocycles. The van der Waals surface area contributed by atoms with Gasteiger partial charge in [0.1, 0.15) is 0 Å². The molecule has 0 fully saturated rings. The van der Waals surface area contributed by atoms with E-state index < -0.39 is 4.92 Å². The Bertz CT molecular complexity index is 719. The number of likely N-dealkylation sites (N-methyl/N-ethyl adjacent to an activating group) is 1. The van der Waals surface area contributed by atoms with E-state index in [1.54, 1.807) is 23.9 Å². The highest BCUT2D eigenvalue weighted by atomic mass is 32.2. The predicted octanol–water partition coefficient (Wildman–Crippen LogP) is 3.39. The van der Waals surface area contributed by atoms with Crippen LogP contribution in [0.2, 0.25) is 0 Å². The molecule has 0 radical (unpaired) electrons. The van der Waals surface area contributed by atoms with Gasteiger partial charge in [-0.15, -0.1) is 11.8 Å². The summed E-state index contributed by atoms with van der Waals surface area (Å²) < 4.78 is 0. The van der Waals surface area contributed by atoms with Crippen molar-refractivity contribution in [3.63, 3.8) is 0 Å². The molecule has 0 heterocycles. The second kappa shape index (κ2) is 8.47. The number of amides is 1. The van der Waals surface area contributed by atoms with Gasteiger partial charge in [-0.25, -0.2) is 0 Å². The maximum Gasteiger partial charge on any atom is 0.269 e. The molecular weight excluding hydrogens is 326 g/mol. The van der Waals surface area contributed by atoms with Crippen LogP contribution < -0.4 is 5.32 Å². The lowest BCUT2D eigenvalue weighted by atomic mass is 10.2. The highest BCUT2D eigenvalue weighted by Crippen LogP contribution is 2.24. The van der Waals surface area contributed by atoms with Crippen LogP contribution in [0.1, 0.15) is 5.56 Å². The lowest BCUT2D eigenvalue weighted by molar-refractivity contribution is -0.384. The molecule has 0 saturated heterocycles. The summed E-state index contributed by atoms with van der Waals surface area (Å²) in [6.07, 6.45) is 1.96. The number of nitrogens with zero attached hydrogens (tertiary/aromatic N) is 2. The fourth-order valence-electron chi connectivity index (χ4n) is 2.27. The van der Waals surface area contributed by atoms with Crippen LogP contribution in [0.25, 0.3) is 0 Å². The smallest absolute Gasteiger partial charge is 0.269 e. The van der Waals surface area contributed by atoms with Gasteiger partial charge >= 0.3 is 0 Å². The van der Waals surface area contributed by atoms with Crippen LogP contribution in [-0.2, 0) is 11.3 Å². The molecule has 0 aromatic heterocycles. The summed E-state index contributed by atoms with van der Waals surface area (Å²) in [5.41, 5.74) is 1.78. The summed E-state index contributed by atoms with van der Waals surface area (Å²) in [6, 6.07) is 14.0. The summed E-state index contributed by atoms with van der Waals surface area (Å²) in [5, 5.41) is 13.6. The zero-order valence-electron chi connectivity index (χ0n) is 13.6. The van der Waals surface area contributed by atoms with Gasteiger partial charge in [0.15, 0.2) is 0 Å². The first-order valence-electron chi connectivity index (χ1n) is 7.34. The van der Waals surface area contributed by atoms with Crippen molar-refractivity contribution in [3.8, 4) is 0 Å². The molecule has 2 aromatic carbocycles. The van der Waals surface area contributed by atoms with Gasteiger partial charge < -0.3 is 5.32 Å². The molecule has 0 bridgehead atoms. The van der Waals surface area contributed by atoms with Crippen LogP contribution in [0.15, 0.2) is 53.4 Å². The molecule has 126 valence electrons. The Hall–Kier alpha value is -2.38. The Kier molecular flexibility index (Phi) is 6.34. The van der Waals surface area contributed by atoms with Gasteiger partial charge in [-0.1, -0.05) is 24.3 Å². The number of hydrogen-bond acceptors (Lipinski definition) is 5. The highest BCUT2D eigenvalue weighted by molar-refractivity contribution is 7.98. The average Bonchev–Trinajstić information content (AvgIpc) is 2.55. The lowest BCUT2D eigenvalue weighted by Crippen LogP contribution is -2.29. The minimum absolute atomic E-state index is 0.0628. The Morgan fingerprint density at radius 3 is 2.50 bits per heavy atom. The molecule has 0 spiro atoms. The Labute approximate surface area is 145 Å². The van der Waals surface area contributed by atoms with E-state index in [1.165, 1.54) is 12.1 Å².